The van der Waals surface area contributed by atoms with Gasteiger partial charge >= 0.3 is 0 Å². The molecule has 0 N–H and O–H groups in total. The predicted octanol–water partition coefficient (Wildman–Crippen LogP) is 3.50. The summed E-state index contributed by atoms with van der Waals surface area (Å²) < 4.78 is 0. The molecule has 86 valence electrons. The molecule has 1 fully saturated rings. The van der Waals surface area contributed by atoms with Crippen molar-refractivity contribution >= 4 is 0 Å². The molecule has 1 atom stereocenters. The molecule has 0 saturated heterocycles. The lowest BCUT2D eigenvalue weighted by molar-refractivity contribution is 0.132. The minimum atomic E-state index is 0.521. The summed E-state index contributed by atoms with van der Waals surface area (Å²) in [5.74, 6) is 0. The van der Waals surface area contributed by atoms with Crippen molar-refractivity contribution in [1.29, 1.82) is 0 Å². The molecular weight excluding hydrogens is 194 g/mol. The van der Waals surface area contributed by atoms with Crippen molar-refractivity contribution in [3.63, 3.8) is 0 Å². The Balaban J connectivity index is 2.07. The van der Waals surface area contributed by atoms with Gasteiger partial charge in [0.25, 0.3) is 0 Å². The molecule has 1 aromatic carbocycles. The van der Waals surface area contributed by atoms with Crippen molar-refractivity contribution in [2.45, 2.75) is 51.1 Å². The minimum Gasteiger partial charge on any atom is -0.293 e. The van der Waals surface area contributed by atoms with E-state index in [0.717, 1.165) is 0 Å². The molecular formula is C15H21N. The van der Waals surface area contributed by atoms with Crippen molar-refractivity contribution in [2.24, 2.45) is 0 Å². The molecule has 16 heavy (non-hydrogen) atoms. The highest BCUT2D eigenvalue weighted by Gasteiger charge is 2.50. The minimum absolute atomic E-state index is 0.521. The van der Waals surface area contributed by atoms with Gasteiger partial charge in [-0.05, 0) is 44.7 Å². The van der Waals surface area contributed by atoms with Gasteiger partial charge in [-0.1, -0.05) is 24.3 Å². The van der Waals surface area contributed by atoms with E-state index in [2.05, 4.69) is 49.9 Å². The third-order valence-electron chi connectivity index (χ3n) is 4.48. The van der Waals surface area contributed by atoms with Crippen molar-refractivity contribution in [3.05, 3.63) is 35.4 Å². The zero-order chi connectivity index (χ0) is 11.3. The zero-order valence-electron chi connectivity index (χ0n) is 10.5. The van der Waals surface area contributed by atoms with E-state index < -0.39 is 0 Å². The summed E-state index contributed by atoms with van der Waals surface area (Å²) in [4.78, 5) is 2.66. The van der Waals surface area contributed by atoms with Crippen LogP contribution in [0.1, 0.15) is 50.8 Å². The maximum absolute atomic E-state index is 2.66. The molecule has 0 bridgehead atoms. The van der Waals surface area contributed by atoms with E-state index in [4.69, 9.17) is 0 Å². The van der Waals surface area contributed by atoms with Crippen LogP contribution < -0.4 is 0 Å². The van der Waals surface area contributed by atoms with Gasteiger partial charge in [-0.3, -0.25) is 4.90 Å². The van der Waals surface area contributed by atoms with Crippen molar-refractivity contribution in [1.82, 2.24) is 4.90 Å². The molecule has 3 rings (SSSR count). The molecule has 2 aliphatic rings. The van der Waals surface area contributed by atoms with E-state index >= 15 is 0 Å². The Kier molecular flexibility index (Phi) is 2.16. The van der Waals surface area contributed by atoms with Crippen LogP contribution in [-0.4, -0.2) is 17.5 Å². The van der Waals surface area contributed by atoms with E-state index in [9.17, 15) is 0 Å². The third-order valence-corrected chi connectivity index (χ3v) is 4.48. The van der Waals surface area contributed by atoms with Crippen LogP contribution in [0.3, 0.4) is 0 Å². The Labute approximate surface area is 98.5 Å². The molecule has 1 aliphatic heterocycles. The van der Waals surface area contributed by atoms with E-state index in [1.165, 1.54) is 19.4 Å². The normalized spacial score (nSPS) is 27.1. The number of nitrogens with zero attached hydrogens (tertiary/aromatic N) is 1. The zero-order valence-corrected chi connectivity index (χ0v) is 10.5. The van der Waals surface area contributed by atoms with Crippen LogP contribution >= 0.6 is 0 Å². The van der Waals surface area contributed by atoms with Crippen LogP contribution in [0.5, 0.6) is 0 Å². The van der Waals surface area contributed by atoms with Gasteiger partial charge in [0.15, 0.2) is 0 Å². The van der Waals surface area contributed by atoms with Crippen LogP contribution in [0.4, 0.5) is 0 Å². The smallest absolute Gasteiger partial charge is 0.0325 e. The SMILES string of the molecule is CC(C)N1CC2(CC2)c2ccccc2C1C. The lowest BCUT2D eigenvalue weighted by Gasteiger charge is -2.42. The van der Waals surface area contributed by atoms with Gasteiger partial charge in [-0.15, -0.1) is 0 Å². The Morgan fingerprint density at radius 2 is 1.94 bits per heavy atom. The Morgan fingerprint density at radius 3 is 2.56 bits per heavy atom. The highest BCUT2D eigenvalue weighted by Crippen LogP contribution is 2.54. The maximum Gasteiger partial charge on any atom is 0.0325 e. The lowest BCUT2D eigenvalue weighted by Crippen LogP contribution is -2.44. The fourth-order valence-corrected chi connectivity index (χ4v) is 3.30. The molecule has 0 amide bonds. The summed E-state index contributed by atoms with van der Waals surface area (Å²) in [5, 5.41) is 0. The first-order chi connectivity index (χ1) is 7.64. The van der Waals surface area contributed by atoms with Gasteiger partial charge < -0.3 is 0 Å². The monoisotopic (exact) mass is 215 g/mol. The van der Waals surface area contributed by atoms with Crippen LogP contribution in [-0.2, 0) is 5.41 Å². The first-order valence-electron chi connectivity index (χ1n) is 6.49. The Hall–Kier alpha value is -0.820. The van der Waals surface area contributed by atoms with Gasteiger partial charge in [0, 0.05) is 24.0 Å². The van der Waals surface area contributed by atoms with Gasteiger partial charge in [0.1, 0.15) is 0 Å². The number of hydrogen-bond acceptors (Lipinski definition) is 1. The second-order valence-electron chi connectivity index (χ2n) is 5.81. The highest BCUT2D eigenvalue weighted by molar-refractivity contribution is 5.43. The van der Waals surface area contributed by atoms with E-state index in [-0.39, 0.29) is 0 Å². The van der Waals surface area contributed by atoms with Crippen molar-refractivity contribution < 1.29 is 0 Å². The quantitative estimate of drug-likeness (QED) is 0.693. The molecule has 1 aliphatic carbocycles. The van der Waals surface area contributed by atoms with E-state index in [1.807, 2.05) is 0 Å². The largest absolute Gasteiger partial charge is 0.293 e. The molecule has 1 aromatic rings. The van der Waals surface area contributed by atoms with Crippen LogP contribution in [0, 0.1) is 0 Å². The summed E-state index contributed by atoms with van der Waals surface area (Å²) in [6, 6.07) is 10.3. The summed E-state index contributed by atoms with van der Waals surface area (Å²) in [7, 11) is 0. The lowest BCUT2D eigenvalue weighted by atomic mass is 9.83. The van der Waals surface area contributed by atoms with Crippen LogP contribution in [0.15, 0.2) is 24.3 Å². The molecule has 1 nitrogen and oxygen atoms in total. The van der Waals surface area contributed by atoms with E-state index in [1.54, 1.807) is 11.1 Å². The third kappa shape index (κ3) is 1.34. The summed E-state index contributed by atoms with van der Waals surface area (Å²) in [6.45, 7) is 8.26. The average molecular weight is 215 g/mol. The first-order valence-corrected chi connectivity index (χ1v) is 6.49. The fraction of sp³-hybridized carbons (Fsp3) is 0.600. The molecule has 0 radical (unpaired) electrons. The van der Waals surface area contributed by atoms with Gasteiger partial charge in [-0.2, -0.15) is 0 Å². The van der Waals surface area contributed by atoms with Crippen LogP contribution in [0.25, 0.3) is 0 Å². The second kappa shape index (κ2) is 3.33. The number of hydrogen-bond donors (Lipinski definition) is 0. The second-order valence-corrected chi connectivity index (χ2v) is 5.81. The van der Waals surface area contributed by atoms with Crippen molar-refractivity contribution in [3.8, 4) is 0 Å². The maximum atomic E-state index is 2.66. The molecule has 1 spiro atoms. The molecule has 0 aromatic heterocycles. The molecule has 1 heteroatoms. The predicted molar refractivity (Wildman–Crippen MR) is 67.6 cm³/mol. The topological polar surface area (TPSA) is 3.24 Å². The summed E-state index contributed by atoms with van der Waals surface area (Å²) in [6.07, 6.45) is 2.78. The fourth-order valence-electron chi connectivity index (χ4n) is 3.30. The summed E-state index contributed by atoms with van der Waals surface area (Å²) in [5.41, 5.74) is 3.73. The molecule has 1 saturated carbocycles. The van der Waals surface area contributed by atoms with Gasteiger partial charge in [0.05, 0.1) is 0 Å². The van der Waals surface area contributed by atoms with Crippen LogP contribution in [0.2, 0.25) is 0 Å². The van der Waals surface area contributed by atoms with Crippen molar-refractivity contribution in [2.75, 3.05) is 6.54 Å². The highest BCUT2D eigenvalue weighted by atomic mass is 15.2. The first kappa shape index (κ1) is 10.3. The van der Waals surface area contributed by atoms with E-state index in [0.29, 0.717) is 17.5 Å². The molecule has 1 unspecified atom stereocenters. The molecule has 1 heterocycles. The Bertz CT molecular complexity index is 404. The van der Waals surface area contributed by atoms with Gasteiger partial charge in [0.2, 0.25) is 0 Å². The Morgan fingerprint density at radius 1 is 1.25 bits per heavy atom. The number of fused-ring (bicyclic) bond motifs is 2. The number of rotatable bonds is 1. The summed E-state index contributed by atoms with van der Waals surface area (Å²) >= 11 is 0. The van der Waals surface area contributed by atoms with Gasteiger partial charge in [-0.25, -0.2) is 0 Å². The average Bonchev–Trinajstić information content (AvgIpc) is 3.04. The number of benzene rings is 1. The standard InChI is InChI=1S/C15H21N/c1-11(2)16-10-15(8-9-15)14-7-5-4-6-13(14)12(16)3/h4-7,11-12H,8-10H2,1-3H3.